The van der Waals surface area contributed by atoms with Crippen molar-refractivity contribution >= 4 is 11.9 Å². The maximum absolute atomic E-state index is 11.2. The Morgan fingerprint density at radius 2 is 1.87 bits per heavy atom. The van der Waals surface area contributed by atoms with Crippen LogP contribution in [0.4, 0.5) is 0 Å². The van der Waals surface area contributed by atoms with E-state index in [0.29, 0.717) is 5.23 Å². The van der Waals surface area contributed by atoms with Gasteiger partial charge >= 0.3 is 5.97 Å². The zero-order valence-corrected chi connectivity index (χ0v) is 9.06. The third kappa shape index (κ3) is 5.31. The summed E-state index contributed by atoms with van der Waals surface area (Å²) in [5.74, 6) is -0.998. The highest BCUT2D eigenvalue weighted by molar-refractivity contribution is 5.76. The van der Waals surface area contributed by atoms with Crippen molar-refractivity contribution < 1.29 is 24.0 Å². The number of esters is 1. The van der Waals surface area contributed by atoms with Crippen molar-refractivity contribution in [2.75, 3.05) is 20.8 Å². The Bertz CT molecular complexity index is 215. The fourth-order valence-corrected chi connectivity index (χ4v) is 0.740. The van der Waals surface area contributed by atoms with E-state index in [9.17, 15) is 9.59 Å². The monoisotopic (exact) mass is 220 g/mol. The van der Waals surface area contributed by atoms with Gasteiger partial charge in [0.15, 0.2) is 0 Å². The molecule has 1 atom stereocenters. The van der Waals surface area contributed by atoms with Crippen molar-refractivity contribution in [3.63, 3.8) is 0 Å². The van der Waals surface area contributed by atoms with Gasteiger partial charge in [-0.05, 0) is 6.92 Å². The molecule has 0 aromatic carbocycles. The minimum Gasteiger partial charge on any atom is -0.464 e. The number of nitrogens with two attached hydrogens (primary N) is 1. The summed E-state index contributed by atoms with van der Waals surface area (Å²) < 4.78 is 4.69. The summed E-state index contributed by atoms with van der Waals surface area (Å²) in [6.07, 6.45) is -0.0276. The third-order valence-electron chi connectivity index (χ3n) is 1.47. The second-order valence-corrected chi connectivity index (χ2v) is 2.72. The summed E-state index contributed by atoms with van der Waals surface area (Å²) >= 11 is 0. The van der Waals surface area contributed by atoms with Crippen molar-refractivity contribution in [3.8, 4) is 0 Å². The third-order valence-corrected chi connectivity index (χ3v) is 1.47. The zero-order valence-electron chi connectivity index (χ0n) is 9.06. The van der Waals surface area contributed by atoms with E-state index in [1.165, 1.54) is 21.1 Å². The Kier molecular flexibility index (Phi) is 6.59. The molecule has 88 valence electrons. The van der Waals surface area contributed by atoms with Gasteiger partial charge in [-0.1, -0.05) is 5.23 Å². The number of rotatable bonds is 6. The fourth-order valence-electron chi connectivity index (χ4n) is 0.740. The molecule has 7 nitrogen and oxygen atoms in total. The van der Waals surface area contributed by atoms with Crippen LogP contribution in [-0.4, -0.2) is 44.0 Å². The summed E-state index contributed by atoms with van der Waals surface area (Å²) in [6.45, 7) is 1.45. The average molecular weight is 220 g/mol. The van der Waals surface area contributed by atoms with E-state index in [-0.39, 0.29) is 13.0 Å². The molecule has 2 N–H and O–H groups in total. The van der Waals surface area contributed by atoms with Gasteiger partial charge < -0.3 is 10.5 Å². The highest BCUT2D eigenvalue weighted by atomic mass is 16.9. The molecule has 0 bridgehead atoms. The molecule has 1 amide bonds. The van der Waals surface area contributed by atoms with Gasteiger partial charge in [0.1, 0.15) is 12.6 Å². The largest absolute Gasteiger partial charge is 0.464 e. The van der Waals surface area contributed by atoms with Gasteiger partial charge in [0.05, 0.1) is 20.6 Å². The molecule has 0 fully saturated rings. The van der Waals surface area contributed by atoms with E-state index in [2.05, 4.69) is 9.68 Å². The first-order valence-electron chi connectivity index (χ1n) is 4.36. The lowest BCUT2D eigenvalue weighted by Crippen LogP contribution is -2.32. The van der Waals surface area contributed by atoms with Crippen LogP contribution in [0.1, 0.15) is 13.3 Å². The second-order valence-electron chi connectivity index (χ2n) is 2.72. The van der Waals surface area contributed by atoms with Crippen molar-refractivity contribution in [2.45, 2.75) is 19.4 Å². The van der Waals surface area contributed by atoms with Crippen LogP contribution >= 0.6 is 0 Å². The molecule has 1 unspecified atom stereocenters. The van der Waals surface area contributed by atoms with Gasteiger partial charge in [-0.15, -0.1) is 0 Å². The molecule has 0 radical (unpaired) electrons. The van der Waals surface area contributed by atoms with E-state index in [1.54, 1.807) is 0 Å². The van der Waals surface area contributed by atoms with Crippen molar-refractivity contribution in [3.05, 3.63) is 0 Å². The number of carbonyl (C=O) groups excluding carboxylic acids is 2. The molecule has 0 aromatic heterocycles. The lowest BCUT2D eigenvalue weighted by atomic mass is 10.4. The number of ether oxygens (including phenoxy) is 1. The number of carbonyl (C=O) groups is 2. The minimum atomic E-state index is -0.693. The highest BCUT2D eigenvalue weighted by Crippen LogP contribution is 1.96. The zero-order chi connectivity index (χ0) is 11.8. The maximum Gasteiger partial charge on any atom is 0.322 e. The Balaban J connectivity index is 3.76. The van der Waals surface area contributed by atoms with Crippen LogP contribution in [0.3, 0.4) is 0 Å². The van der Waals surface area contributed by atoms with Crippen LogP contribution < -0.4 is 5.73 Å². The minimum absolute atomic E-state index is 0.0276. The Morgan fingerprint density at radius 1 is 1.33 bits per heavy atom. The Hall–Kier alpha value is -1.18. The second kappa shape index (κ2) is 7.16. The fraction of sp³-hybridized carbons (Fsp3) is 0.750. The van der Waals surface area contributed by atoms with Crippen molar-refractivity contribution in [1.29, 1.82) is 0 Å². The van der Waals surface area contributed by atoms with Crippen LogP contribution in [0.5, 0.6) is 0 Å². The van der Waals surface area contributed by atoms with Crippen LogP contribution in [-0.2, 0) is 24.0 Å². The maximum atomic E-state index is 11.2. The molecular formula is C8H16N2O5. The van der Waals surface area contributed by atoms with Crippen LogP contribution in [0.15, 0.2) is 0 Å². The molecule has 0 rings (SSSR count). The Morgan fingerprint density at radius 3 is 2.27 bits per heavy atom. The number of amides is 1. The molecule has 0 spiro atoms. The van der Waals surface area contributed by atoms with E-state index < -0.39 is 17.9 Å². The molecule has 0 saturated heterocycles. The average Bonchev–Trinajstić information content (AvgIpc) is 2.19. The van der Waals surface area contributed by atoms with E-state index in [1.807, 2.05) is 0 Å². The van der Waals surface area contributed by atoms with Gasteiger partial charge in [0.25, 0.3) is 5.91 Å². The lowest BCUT2D eigenvalue weighted by Gasteiger charge is -2.15. The predicted octanol–water partition coefficient (Wildman–Crippen LogP) is -0.782. The van der Waals surface area contributed by atoms with Gasteiger partial charge in [0, 0.05) is 0 Å². The first kappa shape index (κ1) is 13.8. The van der Waals surface area contributed by atoms with Crippen LogP contribution in [0, 0.1) is 0 Å². The molecule has 0 saturated carbocycles. The highest BCUT2D eigenvalue weighted by Gasteiger charge is 2.14. The summed E-state index contributed by atoms with van der Waals surface area (Å²) in [5.41, 5.74) is 5.25. The SMILES string of the molecule is CON(OC)C(=O)CCOC(=O)C(C)N. The standard InChI is InChI=1S/C8H16N2O5/c1-6(9)8(12)15-5-4-7(11)10(13-2)14-3/h6H,4-5,9H2,1-3H3. The molecule has 0 aromatic rings. The number of hydroxylamine groups is 2. The number of nitrogens with zero attached hydrogens (tertiary/aromatic N) is 1. The van der Waals surface area contributed by atoms with E-state index >= 15 is 0 Å². The number of hydrogen-bond donors (Lipinski definition) is 1. The van der Waals surface area contributed by atoms with Crippen LogP contribution in [0.2, 0.25) is 0 Å². The van der Waals surface area contributed by atoms with Gasteiger partial charge in [-0.2, -0.15) is 0 Å². The normalized spacial score (nSPS) is 12.0. The Labute approximate surface area is 88.0 Å². The summed E-state index contributed by atoms with van der Waals surface area (Å²) in [5, 5.41) is 0.694. The van der Waals surface area contributed by atoms with Crippen molar-refractivity contribution in [2.24, 2.45) is 5.73 Å². The summed E-state index contributed by atoms with van der Waals surface area (Å²) in [4.78, 5) is 31.2. The quantitative estimate of drug-likeness (QED) is 0.466. The molecular weight excluding hydrogens is 204 g/mol. The lowest BCUT2D eigenvalue weighted by molar-refractivity contribution is -0.317. The molecule has 0 heterocycles. The van der Waals surface area contributed by atoms with E-state index in [0.717, 1.165) is 0 Å². The van der Waals surface area contributed by atoms with Gasteiger partial charge in [0.2, 0.25) is 0 Å². The first-order valence-corrected chi connectivity index (χ1v) is 4.36. The summed E-state index contributed by atoms with van der Waals surface area (Å²) in [7, 11) is 2.57. The number of hydrogen-bond acceptors (Lipinski definition) is 6. The topological polar surface area (TPSA) is 91.1 Å². The molecule has 0 aliphatic heterocycles. The molecule has 7 heteroatoms. The van der Waals surface area contributed by atoms with Gasteiger partial charge in [-0.25, -0.2) is 9.68 Å². The molecule has 0 aliphatic rings. The van der Waals surface area contributed by atoms with E-state index in [4.69, 9.17) is 10.5 Å². The molecule has 0 aliphatic carbocycles. The van der Waals surface area contributed by atoms with Gasteiger partial charge in [-0.3, -0.25) is 9.59 Å². The smallest absolute Gasteiger partial charge is 0.322 e. The van der Waals surface area contributed by atoms with Crippen LogP contribution in [0.25, 0.3) is 0 Å². The first-order chi connectivity index (χ1) is 7.02. The summed E-state index contributed by atoms with van der Waals surface area (Å²) in [6, 6.07) is -0.693. The molecule has 15 heavy (non-hydrogen) atoms. The van der Waals surface area contributed by atoms with Crippen molar-refractivity contribution in [1.82, 2.24) is 5.23 Å². The predicted molar refractivity (Wildman–Crippen MR) is 50.1 cm³/mol.